The van der Waals surface area contributed by atoms with Crippen molar-refractivity contribution >= 4 is 22.9 Å². The predicted octanol–water partition coefficient (Wildman–Crippen LogP) is 2.16. The first-order valence-corrected chi connectivity index (χ1v) is 6.07. The van der Waals surface area contributed by atoms with Crippen LogP contribution < -0.4 is 11.1 Å². The van der Waals surface area contributed by atoms with Crippen LogP contribution in [0.3, 0.4) is 0 Å². The largest absolute Gasteiger partial charge is 0.380 e. The molecule has 1 heterocycles. The Labute approximate surface area is 103 Å². The van der Waals surface area contributed by atoms with Gasteiger partial charge in [-0.1, -0.05) is 6.07 Å². The smallest absolute Gasteiger partial charge is 0.248 e. The number of aromatic nitrogens is 1. The Hall–Kier alpha value is -1.88. The number of hydrogen-bond donors (Lipinski definition) is 2. The summed E-state index contributed by atoms with van der Waals surface area (Å²) in [6.07, 6.45) is 0. The molecule has 17 heavy (non-hydrogen) atoms. The molecule has 0 aliphatic heterocycles. The van der Waals surface area contributed by atoms with Gasteiger partial charge < -0.3 is 11.1 Å². The van der Waals surface area contributed by atoms with Crippen LogP contribution in [0.25, 0.3) is 0 Å². The lowest BCUT2D eigenvalue weighted by atomic mass is 10.2. The minimum Gasteiger partial charge on any atom is -0.380 e. The minimum absolute atomic E-state index is 0.414. The molecule has 3 N–H and O–H groups in total. The molecule has 0 radical (unpaired) electrons. The third-order valence-electron chi connectivity index (χ3n) is 2.45. The summed E-state index contributed by atoms with van der Waals surface area (Å²) in [5.74, 6) is -0.414. The van der Waals surface area contributed by atoms with Gasteiger partial charge in [0.15, 0.2) is 0 Å². The van der Waals surface area contributed by atoms with E-state index in [1.54, 1.807) is 23.5 Å². The number of carbonyl (C=O) groups is 1. The zero-order valence-electron chi connectivity index (χ0n) is 9.43. The second-order valence-corrected chi connectivity index (χ2v) is 4.60. The number of amides is 1. The fourth-order valence-electron chi connectivity index (χ4n) is 1.46. The zero-order chi connectivity index (χ0) is 12.3. The number of nitrogens with zero attached hydrogens (tertiary/aromatic N) is 1. The van der Waals surface area contributed by atoms with E-state index in [-0.39, 0.29) is 0 Å². The monoisotopic (exact) mass is 247 g/mol. The Balaban J connectivity index is 2.07. The summed E-state index contributed by atoms with van der Waals surface area (Å²) in [7, 11) is 0. The average Bonchev–Trinajstić information content (AvgIpc) is 2.72. The maximum Gasteiger partial charge on any atom is 0.248 e. The maximum atomic E-state index is 11.0. The molecule has 2 rings (SSSR count). The van der Waals surface area contributed by atoms with E-state index in [0.717, 1.165) is 11.4 Å². The number of aryl methyl sites for hydroxylation is 1. The van der Waals surface area contributed by atoms with E-state index >= 15 is 0 Å². The molecule has 1 amide bonds. The fourth-order valence-corrected chi connectivity index (χ4v) is 2.18. The molecule has 1 aromatic carbocycles. The highest BCUT2D eigenvalue weighted by atomic mass is 32.1. The van der Waals surface area contributed by atoms with Crippen molar-refractivity contribution in [1.82, 2.24) is 4.98 Å². The van der Waals surface area contributed by atoms with Gasteiger partial charge in [0.05, 0.1) is 17.7 Å². The van der Waals surface area contributed by atoms with Crippen LogP contribution in [0, 0.1) is 6.92 Å². The first kappa shape index (κ1) is 11.6. The number of anilines is 1. The normalized spacial score (nSPS) is 10.2. The maximum absolute atomic E-state index is 11.0. The van der Waals surface area contributed by atoms with Crippen molar-refractivity contribution in [2.75, 3.05) is 5.32 Å². The molecular formula is C12H13N3OS. The molecule has 0 atom stereocenters. The first-order valence-electron chi connectivity index (χ1n) is 5.19. The molecule has 0 saturated carbocycles. The SMILES string of the molecule is Cc1ncsc1CNc1cccc(C(N)=O)c1. The Bertz CT molecular complexity index is 536. The minimum atomic E-state index is -0.414. The van der Waals surface area contributed by atoms with E-state index in [9.17, 15) is 4.79 Å². The van der Waals surface area contributed by atoms with Gasteiger partial charge in [-0.05, 0) is 25.1 Å². The molecule has 0 aliphatic carbocycles. The van der Waals surface area contributed by atoms with Crippen molar-refractivity contribution in [2.45, 2.75) is 13.5 Å². The van der Waals surface area contributed by atoms with Gasteiger partial charge in [0, 0.05) is 16.1 Å². The van der Waals surface area contributed by atoms with Gasteiger partial charge in [-0.2, -0.15) is 0 Å². The number of nitrogens with one attached hydrogen (secondary N) is 1. The Morgan fingerprint density at radius 1 is 1.53 bits per heavy atom. The highest BCUT2D eigenvalue weighted by molar-refractivity contribution is 7.09. The van der Waals surface area contributed by atoms with Gasteiger partial charge in [-0.3, -0.25) is 4.79 Å². The van der Waals surface area contributed by atoms with Crippen molar-refractivity contribution < 1.29 is 4.79 Å². The lowest BCUT2D eigenvalue weighted by Crippen LogP contribution is -2.11. The highest BCUT2D eigenvalue weighted by Gasteiger charge is 2.03. The lowest BCUT2D eigenvalue weighted by molar-refractivity contribution is 0.100. The Kier molecular flexibility index (Phi) is 3.39. The van der Waals surface area contributed by atoms with Crippen molar-refractivity contribution in [3.8, 4) is 0 Å². The molecule has 0 saturated heterocycles. The summed E-state index contributed by atoms with van der Waals surface area (Å²) in [5.41, 5.74) is 9.48. The van der Waals surface area contributed by atoms with E-state index in [2.05, 4.69) is 10.3 Å². The van der Waals surface area contributed by atoms with Gasteiger partial charge in [-0.15, -0.1) is 11.3 Å². The van der Waals surface area contributed by atoms with E-state index in [1.165, 1.54) is 4.88 Å². The van der Waals surface area contributed by atoms with Crippen LogP contribution in [0.1, 0.15) is 20.9 Å². The zero-order valence-corrected chi connectivity index (χ0v) is 10.3. The molecule has 1 aromatic heterocycles. The molecule has 4 nitrogen and oxygen atoms in total. The Morgan fingerprint density at radius 2 is 2.35 bits per heavy atom. The molecule has 0 fully saturated rings. The van der Waals surface area contributed by atoms with E-state index < -0.39 is 5.91 Å². The Morgan fingerprint density at radius 3 is 3.00 bits per heavy atom. The summed E-state index contributed by atoms with van der Waals surface area (Å²) in [6, 6.07) is 7.16. The number of carbonyl (C=O) groups excluding carboxylic acids is 1. The number of benzene rings is 1. The van der Waals surface area contributed by atoms with Crippen molar-refractivity contribution in [3.63, 3.8) is 0 Å². The summed E-state index contributed by atoms with van der Waals surface area (Å²) in [4.78, 5) is 16.4. The number of primary amides is 1. The highest BCUT2D eigenvalue weighted by Crippen LogP contribution is 2.16. The van der Waals surface area contributed by atoms with Crippen LogP contribution in [0.4, 0.5) is 5.69 Å². The van der Waals surface area contributed by atoms with Crippen LogP contribution in [0.15, 0.2) is 29.8 Å². The molecule has 0 spiro atoms. The summed E-state index contributed by atoms with van der Waals surface area (Å²) in [6.45, 7) is 2.69. The lowest BCUT2D eigenvalue weighted by Gasteiger charge is -2.06. The van der Waals surface area contributed by atoms with Crippen LogP contribution in [0.5, 0.6) is 0 Å². The van der Waals surface area contributed by atoms with Crippen LogP contribution >= 0.6 is 11.3 Å². The van der Waals surface area contributed by atoms with E-state index in [4.69, 9.17) is 5.73 Å². The number of thiazole rings is 1. The molecule has 0 bridgehead atoms. The van der Waals surface area contributed by atoms with Gasteiger partial charge in [-0.25, -0.2) is 4.98 Å². The predicted molar refractivity (Wildman–Crippen MR) is 69.1 cm³/mol. The molecule has 5 heteroatoms. The third-order valence-corrected chi connectivity index (χ3v) is 3.38. The van der Waals surface area contributed by atoms with Gasteiger partial charge in [0.25, 0.3) is 0 Å². The van der Waals surface area contributed by atoms with Crippen molar-refractivity contribution in [2.24, 2.45) is 5.73 Å². The van der Waals surface area contributed by atoms with Crippen molar-refractivity contribution in [1.29, 1.82) is 0 Å². The second kappa shape index (κ2) is 4.97. The number of nitrogens with two attached hydrogens (primary N) is 1. The molecule has 0 unspecified atom stereocenters. The number of rotatable bonds is 4. The molecular weight excluding hydrogens is 234 g/mol. The van der Waals surface area contributed by atoms with Crippen LogP contribution in [-0.4, -0.2) is 10.9 Å². The van der Waals surface area contributed by atoms with Crippen LogP contribution in [0.2, 0.25) is 0 Å². The summed E-state index contributed by atoms with van der Waals surface area (Å²) in [5, 5.41) is 3.25. The van der Waals surface area contributed by atoms with Gasteiger partial charge in [0.2, 0.25) is 5.91 Å². The summed E-state index contributed by atoms with van der Waals surface area (Å²) >= 11 is 1.61. The van der Waals surface area contributed by atoms with E-state index in [1.807, 2.05) is 24.6 Å². The fraction of sp³-hybridized carbons (Fsp3) is 0.167. The standard InChI is InChI=1S/C12H13N3OS/c1-8-11(17-7-15-8)6-14-10-4-2-3-9(5-10)12(13)16/h2-5,7,14H,6H2,1H3,(H2,13,16). The molecule has 88 valence electrons. The average molecular weight is 247 g/mol. The topological polar surface area (TPSA) is 68.0 Å². The van der Waals surface area contributed by atoms with Gasteiger partial charge in [0.1, 0.15) is 0 Å². The quantitative estimate of drug-likeness (QED) is 0.870. The van der Waals surface area contributed by atoms with Crippen LogP contribution in [-0.2, 0) is 6.54 Å². The van der Waals surface area contributed by atoms with Crippen molar-refractivity contribution in [3.05, 3.63) is 45.9 Å². The summed E-state index contributed by atoms with van der Waals surface area (Å²) < 4.78 is 0. The number of hydrogen-bond acceptors (Lipinski definition) is 4. The third kappa shape index (κ3) is 2.82. The molecule has 2 aromatic rings. The first-order chi connectivity index (χ1) is 8.16. The molecule has 0 aliphatic rings. The van der Waals surface area contributed by atoms with E-state index in [0.29, 0.717) is 12.1 Å². The second-order valence-electron chi connectivity index (χ2n) is 3.66. The van der Waals surface area contributed by atoms with Gasteiger partial charge >= 0.3 is 0 Å².